The molecular weight excluding hydrogens is 461 g/mol. The molecule has 0 bridgehead atoms. The van der Waals surface area contributed by atoms with E-state index < -0.39 is 17.3 Å². The highest BCUT2D eigenvalue weighted by atomic mass is 19.4. The molecule has 2 aliphatic heterocycles. The minimum atomic E-state index is -4.39. The van der Waals surface area contributed by atoms with Gasteiger partial charge >= 0.3 is 6.18 Å². The summed E-state index contributed by atoms with van der Waals surface area (Å²) in [6.45, 7) is 4.79. The van der Waals surface area contributed by atoms with Gasteiger partial charge in [-0.2, -0.15) is 13.2 Å². The molecule has 5 rings (SSSR count). The highest BCUT2D eigenvalue weighted by molar-refractivity contribution is 5.93. The lowest BCUT2D eigenvalue weighted by Gasteiger charge is -2.32. The Morgan fingerprint density at radius 2 is 1.86 bits per heavy atom. The Morgan fingerprint density at radius 1 is 1.11 bits per heavy atom. The van der Waals surface area contributed by atoms with Crippen molar-refractivity contribution >= 4 is 5.91 Å². The summed E-state index contributed by atoms with van der Waals surface area (Å²) in [5.41, 5.74) is 0.553. The van der Waals surface area contributed by atoms with Crippen LogP contribution in [0.5, 0.6) is 0 Å². The highest BCUT2D eigenvalue weighted by Crippen LogP contribution is 2.40. The molecule has 4 heterocycles. The van der Waals surface area contributed by atoms with Crippen molar-refractivity contribution in [2.75, 3.05) is 13.1 Å². The van der Waals surface area contributed by atoms with Gasteiger partial charge in [-0.25, -0.2) is 4.98 Å². The van der Waals surface area contributed by atoms with E-state index in [9.17, 15) is 22.8 Å². The molecule has 2 aromatic heterocycles. The molecule has 35 heavy (non-hydrogen) atoms. The Balaban J connectivity index is 1.29. The van der Waals surface area contributed by atoms with E-state index in [1.54, 1.807) is 34.1 Å². The minimum absolute atomic E-state index is 0.242. The maximum absolute atomic E-state index is 13.2. The van der Waals surface area contributed by atoms with Crippen LogP contribution in [0.15, 0.2) is 53.7 Å². The van der Waals surface area contributed by atoms with Crippen LogP contribution >= 0.6 is 0 Å². The van der Waals surface area contributed by atoms with Gasteiger partial charge in [0.25, 0.3) is 11.5 Å². The molecule has 0 N–H and O–H groups in total. The number of aromatic nitrogens is 3. The van der Waals surface area contributed by atoms with Crippen LogP contribution in [0.1, 0.15) is 47.1 Å². The third-order valence-electron chi connectivity index (χ3n) is 6.86. The number of ether oxygens (including phenoxy) is 1. The van der Waals surface area contributed by atoms with Crippen molar-refractivity contribution in [3.8, 4) is 5.69 Å². The van der Waals surface area contributed by atoms with Crippen LogP contribution in [0.3, 0.4) is 0 Å². The number of pyridine rings is 1. The average Bonchev–Trinajstić information content (AvgIpc) is 3.42. The minimum Gasteiger partial charge on any atom is -0.366 e. The van der Waals surface area contributed by atoms with E-state index in [0.717, 1.165) is 17.8 Å². The SMILES string of the molecule is Cc1cn(-c2ccc3n(c2=O)CCN(C[C@@H]2CC[C@](C)(c4ccc(C(F)(F)F)cc4)O2)C3=O)cn1. The van der Waals surface area contributed by atoms with E-state index in [4.69, 9.17) is 4.74 Å². The number of carbonyl (C=O) groups excluding carboxylic acids is 1. The van der Waals surface area contributed by atoms with Gasteiger partial charge in [0.05, 0.1) is 29.3 Å². The zero-order valence-electron chi connectivity index (χ0n) is 19.4. The summed E-state index contributed by atoms with van der Waals surface area (Å²) in [6, 6.07) is 8.34. The molecular formula is C25H25F3N4O3. The number of nitrogens with zero attached hydrogens (tertiary/aromatic N) is 4. The second-order valence-corrected chi connectivity index (χ2v) is 9.32. The van der Waals surface area contributed by atoms with Crippen LogP contribution < -0.4 is 5.56 Å². The van der Waals surface area contributed by atoms with Crippen LogP contribution in [0.4, 0.5) is 13.2 Å². The zero-order valence-corrected chi connectivity index (χ0v) is 19.4. The first-order valence-electron chi connectivity index (χ1n) is 11.4. The Labute approximate surface area is 199 Å². The van der Waals surface area contributed by atoms with Gasteiger partial charge in [-0.1, -0.05) is 12.1 Å². The van der Waals surface area contributed by atoms with Crippen LogP contribution in [-0.4, -0.2) is 44.1 Å². The topological polar surface area (TPSA) is 69.4 Å². The molecule has 1 amide bonds. The second kappa shape index (κ2) is 8.37. The summed E-state index contributed by atoms with van der Waals surface area (Å²) in [5.74, 6) is -0.242. The molecule has 1 aromatic carbocycles. The largest absolute Gasteiger partial charge is 0.416 e. The van der Waals surface area contributed by atoms with E-state index in [1.807, 2.05) is 13.8 Å². The van der Waals surface area contributed by atoms with Gasteiger partial charge < -0.3 is 18.8 Å². The molecule has 7 nitrogen and oxygen atoms in total. The van der Waals surface area contributed by atoms with Gasteiger partial charge in [0.2, 0.25) is 0 Å². The Bertz CT molecular complexity index is 1330. The summed E-state index contributed by atoms with van der Waals surface area (Å²) in [4.78, 5) is 32.0. The smallest absolute Gasteiger partial charge is 0.366 e. The molecule has 0 aliphatic carbocycles. The molecule has 0 radical (unpaired) electrons. The zero-order chi connectivity index (χ0) is 25.0. The van der Waals surface area contributed by atoms with Crippen molar-refractivity contribution in [1.29, 1.82) is 0 Å². The number of benzene rings is 1. The van der Waals surface area contributed by atoms with Crippen molar-refractivity contribution in [3.63, 3.8) is 0 Å². The number of hydrogen-bond acceptors (Lipinski definition) is 4. The number of fused-ring (bicyclic) bond motifs is 1. The number of imidazole rings is 1. The summed E-state index contributed by atoms with van der Waals surface area (Å²) in [5, 5.41) is 0. The lowest BCUT2D eigenvalue weighted by molar-refractivity contribution is -0.137. The molecule has 0 unspecified atom stereocenters. The number of rotatable bonds is 4. The predicted octanol–water partition coefficient (Wildman–Crippen LogP) is 3.91. The summed E-state index contributed by atoms with van der Waals surface area (Å²) < 4.78 is 48.1. The Hall–Kier alpha value is -3.40. The summed E-state index contributed by atoms with van der Waals surface area (Å²) in [7, 11) is 0. The normalized spacial score (nSPS) is 22.5. The van der Waals surface area contributed by atoms with Crippen molar-refractivity contribution in [2.24, 2.45) is 0 Å². The van der Waals surface area contributed by atoms with Crippen LogP contribution in [-0.2, 0) is 23.1 Å². The molecule has 0 spiro atoms. The van der Waals surface area contributed by atoms with Gasteiger partial charge in [-0.3, -0.25) is 9.59 Å². The van der Waals surface area contributed by atoms with Gasteiger partial charge in [0.15, 0.2) is 0 Å². The van der Waals surface area contributed by atoms with Gasteiger partial charge in [-0.05, 0) is 56.5 Å². The average molecular weight is 486 g/mol. The Kier molecular flexibility index (Phi) is 5.58. The monoisotopic (exact) mass is 486 g/mol. The molecule has 10 heteroatoms. The van der Waals surface area contributed by atoms with E-state index in [-0.39, 0.29) is 17.6 Å². The van der Waals surface area contributed by atoms with Gasteiger partial charge in [0, 0.05) is 25.8 Å². The number of aryl methyl sites for hydroxylation is 1. The summed E-state index contributed by atoms with van der Waals surface area (Å²) in [6.07, 6.45) is -0.00362. The van der Waals surface area contributed by atoms with E-state index in [2.05, 4.69) is 4.98 Å². The Morgan fingerprint density at radius 3 is 2.51 bits per heavy atom. The van der Waals surface area contributed by atoms with Crippen LogP contribution in [0.25, 0.3) is 5.69 Å². The molecule has 1 fully saturated rings. The lowest BCUT2D eigenvalue weighted by atomic mass is 9.92. The fourth-order valence-electron chi connectivity index (χ4n) is 4.90. The van der Waals surface area contributed by atoms with Gasteiger partial charge in [-0.15, -0.1) is 0 Å². The van der Waals surface area contributed by atoms with Gasteiger partial charge in [0.1, 0.15) is 11.4 Å². The molecule has 3 aromatic rings. The highest BCUT2D eigenvalue weighted by Gasteiger charge is 2.40. The first kappa shape index (κ1) is 23.3. The quantitative estimate of drug-likeness (QED) is 0.561. The molecule has 2 atom stereocenters. The van der Waals surface area contributed by atoms with Crippen molar-refractivity contribution in [3.05, 3.63) is 81.8 Å². The maximum Gasteiger partial charge on any atom is 0.416 e. The number of alkyl halides is 3. The first-order valence-corrected chi connectivity index (χ1v) is 11.4. The predicted molar refractivity (Wildman–Crippen MR) is 121 cm³/mol. The number of carbonyl (C=O) groups is 1. The lowest BCUT2D eigenvalue weighted by Crippen LogP contribution is -2.47. The van der Waals surface area contributed by atoms with Crippen LogP contribution in [0.2, 0.25) is 0 Å². The van der Waals surface area contributed by atoms with E-state index in [1.165, 1.54) is 16.7 Å². The molecule has 0 saturated carbocycles. The number of hydrogen-bond donors (Lipinski definition) is 0. The fourth-order valence-corrected chi connectivity index (χ4v) is 4.90. The van der Waals surface area contributed by atoms with Crippen LogP contribution in [0, 0.1) is 6.92 Å². The van der Waals surface area contributed by atoms with E-state index in [0.29, 0.717) is 49.4 Å². The number of halogens is 3. The standard InChI is InChI=1S/C25H25F3N4O3/c1-16-13-31(15-29-16)20-7-8-21-22(33)30(11-12-32(21)23(20)34)14-19-9-10-24(2,35-19)17-3-5-18(6-4-17)25(26,27)28/h3-8,13,15,19H,9-12,14H2,1-2H3/t19-,24+/m0/s1. The molecule has 1 saturated heterocycles. The van der Waals surface area contributed by atoms with E-state index >= 15 is 0 Å². The third-order valence-corrected chi connectivity index (χ3v) is 6.86. The maximum atomic E-state index is 13.2. The molecule has 2 aliphatic rings. The molecule has 184 valence electrons. The van der Waals surface area contributed by atoms with Crippen molar-refractivity contribution in [2.45, 2.75) is 51.1 Å². The second-order valence-electron chi connectivity index (χ2n) is 9.32. The first-order chi connectivity index (χ1) is 16.5. The van der Waals surface area contributed by atoms with Crippen molar-refractivity contribution in [1.82, 2.24) is 19.0 Å². The fraction of sp³-hybridized carbons (Fsp3) is 0.400. The number of amides is 1. The summed E-state index contributed by atoms with van der Waals surface area (Å²) >= 11 is 0. The van der Waals surface area contributed by atoms with Crippen molar-refractivity contribution < 1.29 is 22.7 Å². The third kappa shape index (κ3) is 4.27.